The van der Waals surface area contributed by atoms with Gasteiger partial charge in [-0.05, 0) is 46.7 Å². The molecule has 0 radical (unpaired) electrons. The van der Waals surface area contributed by atoms with E-state index in [1.807, 2.05) is 0 Å². The first-order valence-electron chi connectivity index (χ1n) is 5.63. The van der Waals surface area contributed by atoms with E-state index in [2.05, 4.69) is 42.9 Å². The third-order valence-corrected chi connectivity index (χ3v) is 5.22. The smallest absolute Gasteiger partial charge is 0.0662 e. The summed E-state index contributed by atoms with van der Waals surface area (Å²) in [5.74, 6) is 1.26. The van der Waals surface area contributed by atoms with Crippen LogP contribution in [0.15, 0.2) is 0 Å². The molecule has 2 nitrogen and oxygen atoms in total. The van der Waals surface area contributed by atoms with E-state index in [0.29, 0.717) is 10.4 Å². The van der Waals surface area contributed by atoms with Gasteiger partial charge in [0.1, 0.15) is 0 Å². The van der Waals surface area contributed by atoms with E-state index in [0.717, 1.165) is 0 Å². The number of thioether (sulfide) groups is 1. The summed E-state index contributed by atoms with van der Waals surface area (Å²) < 4.78 is 0. The number of hydrogen-bond donors (Lipinski definition) is 1. The molecule has 0 aromatic rings. The zero-order valence-electron chi connectivity index (χ0n) is 9.60. The van der Waals surface area contributed by atoms with Gasteiger partial charge in [-0.1, -0.05) is 0 Å². The van der Waals surface area contributed by atoms with Crippen LogP contribution in [0.4, 0.5) is 0 Å². The van der Waals surface area contributed by atoms with Gasteiger partial charge in [-0.2, -0.15) is 0 Å². The maximum absolute atomic E-state index is 3.84. The van der Waals surface area contributed by atoms with Gasteiger partial charge in [-0.25, -0.2) is 0 Å². The van der Waals surface area contributed by atoms with Gasteiger partial charge in [0.2, 0.25) is 0 Å². The molecular weight excluding hydrogens is 192 g/mol. The Kier molecular flexibility index (Phi) is 2.84. The highest BCUT2D eigenvalue weighted by molar-refractivity contribution is 8.00. The van der Waals surface area contributed by atoms with Crippen molar-refractivity contribution in [1.82, 2.24) is 10.2 Å². The van der Waals surface area contributed by atoms with Crippen molar-refractivity contribution in [2.24, 2.45) is 0 Å². The summed E-state index contributed by atoms with van der Waals surface area (Å²) in [7, 11) is 2.24. The Bertz CT molecular complexity index is 217. The fraction of sp³-hybridized carbons (Fsp3) is 1.00. The van der Waals surface area contributed by atoms with Crippen molar-refractivity contribution in [1.29, 1.82) is 0 Å². The Morgan fingerprint density at radius 3 is 2.64 bits per heavy atom. The van der Waals surface area contributed by atoms with E-state index in [9.17, 15) is 0 Å². The molecule has 14 heavy (non-hydrogen) atoms. The van der Waals surface area contributed by atoms with Gasteiger partial charge in [0.15, 0.2) is 0 Å². The zero-order valence-corrected chi connectivity index (χ0v) is 10.4. The van der Waals surface area contributed by atoms with Gasteiger partial charge < -0.3 is 4.90 Å². The first kappa shape index (κ1) is 10.8. The third-order valence-electron chi connectivity index (χ3n) is 3.29. The van der Waals surface area contributed by atoms with Crippen LogP contribution >= 0.6 is 11.8 Å². The Labute approximate surface area is 91.8 Å². The monoisotopic (exact) mass is 214 g/mol. The molecule has 1 atom stereocenters. The van der Waals surface area contributed by atoms with Crippen molar-refractivity contribution in [3.05, 3.63) is 0 Å². The first-order chi connectivity index (χ1) is 6.52. The summed E-state index contributed by atoms with van der Waals surface area (Å²) in [5, 5.41) is 3.84. The summed E-state index contributed by atoms with van der Waals surface area (Å²) in [5.41, 5.74) is 0.341. The molecule has 0 aliphatic carbocycles. The zero-order chi connectivity index (χ0) is 10.2. The maximum atomic E-state index is 3.84. The number of nitrogens with one attached hydrogen (secondary N) is 1. The van der Waals surface area contributed by atoms with Crippen molar-refractivity contribution >= 4 is 11.8 Å². The van der Waals surface area contributed by atoms with E-state index in [-0.39, 0.29) is 0 Å². The largest absolute Gasteiger partial charge is 0.306 e. The molecule has 1 unspecified atom stereocenters. The maximum Gasteiger partial charge on any atom is 0.0662 e. The molecule has 2 rings (SSSR count). The fourth-order valence-corrected chi connectivity index (χ4v) is 4.10. The molecular formula is C11H22N2S. The molecule has 2 fully saturated rings. The van der Waals surface area contributed by atoms with Crippen LogP contribution in [0.5, 0.6) is 0 Å². The predicted molar refractivity (Wildman–Crippen MR) is 63.8 cm³/mol. The normalized spacial score (nSPS) is 38.8. The lowest BCUT2D eigenvalue weighted by atomic mass is 10.0. The quantitative estimate of drug-likeness (QED) is 0.663. The van der Waals surface area contributed by atoms with Crippen LogP contribution < -0.4 is 5.32 Å². The number of likely N-dealkylation sites (tertiary alicyclic amines) is 1. The Hall–Kier alpha value is 0.270. The van der Waals surface area contributed by atoms with Crippen LogP contribution in [0.1, 0.15) is 33.1 Å². The van der Waals surface area contributed by atoms with Crippen molar-refractivity contribution in [3.63, 3.8) is 0 Å². The van der Waals surface area contributed by atoms with Crippen molar-refractivity contribution in [3.8, 4) is 0 Å². The Balaban J connectivity index is 2.02. The van der Waals surface area contributed by atoms with Crippen molar-refractivity contribution < 1.29 is 0 Å². The van der Waals surface area contributed by atoms with E-state index in [1.165, 1.54) is 38.1 Å². The number of hydrogen-bond acceptors (Lipinski definition) is 3. The molecule has 0 saturated carbocycles. The van der Waals surface area contributed by atoms with Crippen molar-refractivity contribution in [2.45, 2.75) is 43.5 Å². The average Bonchev–Trinajstić information content (AvgIpc) is 2.27. The molecule has 2 saturated heterocycles. The van der Waals surface area contributed by atoms with Crippen LogP contribution in [0, 0.1) is 0 Å². The molecule has 1 spiro atoms. The highest BCUT2D eigenvalue weighted by atomic mass is 32.2. The first-order valence-corrected chi connectivity index (χ1v) is 6.62. The second kappa shape index (κ2) is 3.69. The van der Waals surface area contributed by atoms with Crippen LogP contribution in [-0.4, -0.2) is 41.2 Å². The molecule has 2 aliphatic rings. The highest BCUT2D eigenvalue weighted by Crippen LogP contribution is 2.42. The molecule has 0 amide bonds. The predicted octanol–water partition coefficient (Wildman–Crippen LogP) is 1.91. The van der Waals surface area contributed by atoms with E-state index in [4.69, 9.17) is 0 Å². The lowest BCUT2D eigenvalue weighted by molar-refractivity contribution is 0.318. The summed E-state index contributed by atoms with van der Waals surface area (Å²) in [6.45, 7) is 7.16. The Morgan fingerprint density at radius 1 is 1.21 bits per heavy atom. The van der Waals surface area contributed by atoms with Crippen molar-refractivity contribution in [2.75, 3.05) is 25.9 Å². The van der Waals surface area contributed by atoms with Crippen LogP contribution in [0.25, 0.3) is 0 Å². The summed E-state index contributed by atoms with van der Waals surface area (Å²) in [6, 6.07) is 0. The molecule has 2 heterocycles. The molecule has 3 heteroatoms. The van der Waals surface area contributed by atoms with E-state index in [1.54, 1.807) is 0 Å². The molecule has 82 valence electrons. The lowest BCUT2D eigenvalue weighted by Gasteiger charge is -2.30. The van der Waals surface area contributed by atoms with E-state index >= 15 is 0 Å². The summed E-state index contributed by atoms with van der Waals surface area (Å²) in [6.07, 6.45) is 3.98. The Morgan fingerprint density at radius 2 is 2.00 bits per heavy atom. The lowest BCUT2D eigenvalue weighted by Crippen LogP contribution is -2.47. The number of rotatable bonds is 0. The molecule has 0 aromatic carbocycles. The summed E-state index contributed by atoms with van der Waals surface area (Å²) >= 11 is 2.15. The minimum Gasteiger partial charge on any atom is -0.306 e. The van der Waals surface area contributed by atoms with E-state index < -0.39 is 0 Å². The van der Waals surface area contributed by atoms with Gasteiger partial charge in [-0.3, -0.25) is 5.32 Å². The van der Waals surface area contributed by atoms with Crippen LogP contribution in [-0.2, 0) is 0 Å². The molecule has 0 bridgehead atoms. The van der Waals surface area contributed by atoms with Crippen LogP contribution in [0.2, 0.25) is 0 Å². The van der Waals surface area contributed by atoms with Gasteiger partial charge in [0, 0.05) is 17.8 Å². The second-order valence-corrected chi connectivity index (χ2v) is 6.81. The molecule has 2 aliphatic heterocycles. The highest BCUT2D eigenvalue weighted by Gasteiger charge is 2.43. The fourth-order valence-electron chi connectivity index (χ4n) is 2.52. The molecule has 1 N–H and O–H groups in total. The second-order valence-electron chi connectivity index (χ2n) is 5.45. The summed E-state index contributed by atoms with van der Waals surface area (Å²) in [4.78, 5) is 2.86. The SMILES string of the molecule is CN1CCCC2(CC1)NC(C)(C)CS2. The topological polar surface area (TPSA) is 15.3 Å². The van der Waals surface area contributed by atoms with Gasteiger partial charge in [-0.15, -0.1) is 11.8 Å². The van der Waals surface area contributed by atoms with Gasteiger partial charge in [0.05, 0.1) is 4.87 Å². The third kappa shape index (κ3) is 2.26. The minimum atomic E-state index is 0.341. The van der Waals surface area contributed by atoms with Gasteiger partial charge >= 0.3 is 0 Å². The number of nitrogens with zero attached hydrogens (tertiary/aromatic N) is 1. The standard InChI is InChI=1S/C11H22N2S/c1-10(2)9-14-11(12-10)5-4-7-13(3)8-6-11/h12H,4-9H2,1-3H3. The average molecular weight is 214 g/mol. The minimum absolute atomic E-state index is 0.341. The van der Waals surface area contributed by atoms with Crippen LogP contribution in [0.3, 0.4) is 0 Å². The molecule has 0 aromatic heterocycles. The van der Waals surface area contributed by atoms with Gasteiger partial charge in [0.25, 0.3) is 0 Å².